The molecule has 184 valence electrons. The Bertz CT molecular complexity index is 1170. The number of pyridine rings is 1. The van der Waals surface area contributed by atoms with Gasteiger partial charge in [0.2, 0.25) is 5.91 Å². The number of benzene rings is 1. The number of aryl methyl sites for hydroxylation is 2. The number of carbonyl (C=O) groups is 2. The predicted molar refractivity (Wildman–Crippen MR) is 140 cm³/mol. The second kappa shape index (κ2) is 11.1. The monoisotopic (exact) mass is 491 g/mol. The average molecular weight is 492 g/mol. The molecule has 1 fully saturated rings. The fraction of sp³-hybridized carbons (Fsp3) is 0.393. The van der Waals surface area contributed by atoms with E-state index in [0.29, 0.717) is 36.0 Å². The molecule has 2 aliphatic carbocycles. The van der Waals surface area contributed by atoms with Gasteiger partial charge in [-0.1, -0.05) is 31.2 Å². The van der Waals surface area contributed by atoms with Crippen LogP contribution in [0.5, 0.6) is 0 Å². The van der Waals surface area contributed by atoms with Gasteiger partial charge in [0.25, 0.3) is 0 Å². The second-order valence-electron chi connectivity index (χ2n) is 9.11. The summed E-state index contributed by atoms with van der Waals surface area (Å²) in [6, 6.07) is 9.85. The molecule has 6 nitrogen and oxygen atoms in total. The number of allylic oxidation sites excluding steroid dienone is 3. The lowest BCUT2D eigenvalue weighted by Crippen LogP contribution is -2.24. The summed E-state index contributed by atoms with van der Waals surface area (Å²) in [7, 11) is 1.57. The first-order chi connectivity index (χ1) is 16.9. The first-order valence-electron chi connectivity index (χ1n) is 12.2. The number of ketones is 1. The van der Waals surface area contributed by atoms with Crippen LogP contribution in [0.3, 0.4) is 0 Å². The minimum atomic E-state index is -0.212. The maximum atomic E-state index is 13.3. The van der Waals surface area contributed by atoms with Gasteiger partial charge >= 0.3 is 0 Å². The number of ether oxygens (including phenoxy) is 1. The van der Waals surface area contributed by atoms with Crippen LogP contribution in [0.4, 0.5) is 5.82 Å². The van der Waals surface area contributed by atoms with Gasteiger partial charge in [-0.3, -0.25) is 9.59 Å². The average Bonchev–Trinajstić information content (AvgIpc) is 3.66. The number of nitrogens with one attached hydrogen (secondary N) is 1. The second-order valence-corrected chi connectivity index (χ2v) is 10.5. The first-order valence-corrected chi connectivity index (χ1v) is 13.2. The first kappa shape index (κ1) is 25.0. The third kappa shape index (κ3) is 6.14. The van der Waals surface area contributed by atoms with E-state index in [1.165, 1.54) is 4.90 Å². The Morgan fingerprint density at radius 2 is 2.00 bits per heavy atom. The molecule has 2 aromatic rings. The zero-order chi connectivity index (χ0) is 24.9. The van der Waals surface area contributed by atoms with Gasteiger partial charge in [0.15, 0.2) is 11.7 Å². The van der Waals surface area contributed by atoms with Gasteiger partial charge in [0.05, 0.1) is 19.2 Å². The maximum absolute atomic E-state index is 13.3. The van der Waals surface area contributed by atoms with Crippen molar-refractivity contribution in [3.05, 3.63) is 76.3 Å². The van der Waals surface area contributed by atoms with Gasteiger partial charge < -0.3 is 15.8 Å². The van der Waals surface area contributed by atoms with E-state index >= 15 is 0 Å². The molecule has 0 radical (unpaired) electrons. The molecule has 3 N–H and O–H groups in total. The van der Waals surface area contributed by atoms with Crippen LogP contribution in [-0.4, -0.2) is 29.5 Å². The van der Waals surface area contributed by atoms with Gasteiger partial charge in [-0.25, -0.2) is 4.98 Å². The highest BCUT2D eigenvalue weighted by molar-refractivity contribution is 7.99. The Morgan fingerprint density at radius 1 is 1.26 bits per heavy atom. The quantitative estimate of drug-likeness (QED) is 0.284. The maximum Gasteiger partial charge on any atom is 0.229 e. The van der Waals surface area contributed by atoms with Crippen molar-refractivity contribution in [3.63, 3.8) is 0 Å². The highest BCUT2D eigenvalue weighted by Gasteiger charge is 2.31. The van der Waals surface area contributed by atoms with E-state index in [-0.39, 0.29) is 24.0 Å². The smallest absolute Gasteiger partial charge is 0.229 e. The summed E-state index contributed by atoms with van der Waals surface area (Å²) in [5.41, 5.74) is 10.2. The number of aromatic nitrogens is 1. The van der Waals surface area contributed by atoms with Gasteiger partial charge in [0, 0.05) is 21.9 Å². The number of thioether (sulfide) groups is 1. The summed E-state index contributed by atoms with van der Waals surface area (Å²) in [5, 5.41) is 2.91. The van der Waals surface area contributed by atoms with Crippen molar-refractivity contribution >= 4 is 29.3 Å². The number of amides is 1. The number of Topliss-reactive ketones (excluding diaryl/α,β-unsaturated/α-hetero) is 1. The van der Waals surface area contributed by atoms with E-state index in [1.807, 2.05) is 43.3 Å². The largest absolute Gasteiger partial charge is 0.482 e. The summed E-state index contributed by atoms with van der Waals surface area (Å²) in [6.07, 6.45) is 7.78. The highest BCUT2D eigenvalue weighted by Crippen LogP contribution is 2.39. The molecular weight excluding hydrogens is 458 g/mol. The van der Waals surface area contributed by atoms with Crippen molar-refractivity contribution in [1.29, 1.82) is 0 Å². The molecule has 0 saturated heterocycles. The third-order valence-corrected chi connectivity index (χ3v) is 7.36. The fourth-order valence-electron chi connectivity index (χ4n) is 4.51. The van der Waals surface area contributed by atoms with E-state index in [9.17, 15) is 9.59 Å². The molecule has 1 amide bonds. The van der Waals surface area contributed by atoms with Gasteiger partial charge in [-0.2, -0.15) is 0 Å². The lowest BCUT2D eigenvalue weighted by atomic mass is 9.82. The number of methoxy groups -OCH3 is 1. The van der Waals surface area contributed by atoms with Gasteiger partial charge in [0.1, 0.15) is 5.82 Å². The number of nitrogens with two attached hydrogens (primary N) is 1. The highest BCUT2D eigenvalue weighted by atomic mass is 32.2. The number of hydrogen-bond acceptors (Lipinski definition) is 6. The number of nitrogens with zero attached hydrogens (tertiary/aromatic N) is 1. The Labute approximate surface area is 211 Å². The van der Waals surface area contributed by atoms with Crippen LogP contribution in [0.1, 0.15) is 53.4 Å². The van der Waals surface area contributed by atoms with Crippen LogP contribution in [0.2, 0.25) is 0 Å². The standard InChI is InChI=1S/C28H33N3O3S/c1-4-35-21-11-5-18(6-12-21)16-25(32)31-24-15-17(2)26-23(30-24)14-10-20(27(26)33)9-13-22(19-7-8-19)28(29)34-3/h5-6,9,11-13,15,19-20H,4,7-8,10,14,16,29H2,1-3H3,(H,30,31,32)/b13-9+,28-22-. The molecule has 1 saturated carbocycles. The Hall–Kier alpha value is -3.06. The topological polar surface area (TPSA) is 94.3 Å². The Kier molecular flexibility index (Phi) is 7.96. The molecule has 4 rings (SSSR count). The summed E-state index contributed by atoms with van der Waals surface area (Å²) >= 11 is 1.78. The molecule has 1 unspecified atom stereocenters. The van der Waals surface area contributed by atoms with E-state index in [4.69, 9.17) is 10.5 Å². The van der Waals surface area contributed by atoms with E-state index in [0.717, 1.165) is 41.0 Å². The molecule has 1 aromatic carbocycles. The van der Waals surface area contributed by atoms with Crippen molar-refractivity contribution in [1.82, 2.24) is 4.98 Å². The molecule has 1 heterocycles. The van der Waals surface area contributed by atoms with Crippen molar-refractivity contribution < 1.29 is 14.3 Å². The van der Waals surface area contributed by atoms with E-state index < -0.39 is 0 Å². The van der Waals surface area contributed by atoms with Crippen molar-refractivity contribution in [2.45, 2.75) is 50.8 Å². The van der Waals surface area contributed by atoms with Crippen LogP contribution in [0, 0.1) is 18.8 Å². The number of rotatable bonds is 9. The van der Waals surface area contributed by atoms with Gasteiger partial charge in [-0.15, -0.1) is 11.8 Å². The molecule has 0 bridgehead atoms. The molecule has 7 heteroatoms. The summed E-state index contributed by atoms with van der Waals surface area (Å²) < 4.78 is 5.23. The third-order valence-electron chi connectivity index (χ3n) is 6.46. The molecule has 0 spiro atoms. The summed E-state index contributed by atoms with van der Waals surface area (Å²) in [5.74, 6) is 2.12. The summed E-state index contributed by atoms with van der Waals surface area (Å²) in [6.45, 7) is 4.02. The minimum absolute atomic E-state index is 0.0709. The van der Waals surface area contributed by atoms with Crippen LogP contribution in [-0.2, 0) is 22.4 Å². The fourth-order valence-corrected chi connectivity index (χ4v) is 5.17. The molecule has 1 aromatic heterocycles. The van der Waals surface area contributed by atoms with Crippen molar-refractivity contribution in [2.75, 3.05) is 18.2 Å². The SMILES string of the molecule is CCSc1ccc(CC(=O)Nc2cc(C)c3c(n2)CCC(/C=C/C(=C(\N)OC)C2CC2)C3=O)cc1. The lowest BCUT2D eigenvalue weighted by molar-refractivity contribution is -0.115. The zero-order valence-corrected chi connectivity index (χ0v) is 21.4. The van der Waals surface area contributed by atoms with Gasteiger partial charge in [-0.05, 0) is 73.6 Å². The number of fused-ring (bicyclic) bond motifs is 1. The predicted octanol–water partition coefficient (Wildman–Crippen LogP) is 5.21. The van der Waals surface area contributed by atoms with Crippen molar-refractivity contribution in [2.24, 2.45) is 17.6 Å². The van der Waals surface area contributed by atoms with Crippen LogP contribution in [0.25, 0.3) is 0 Å². The minimum Gasteiger partial charge on any atom is -0.482 e. The molecule has 0 aliphatic heterocycles. The van der Waals surface area contributed by atoms with Crippen LogP contribution >= 0.6 is 11.8 Å². The molecule has 1 atom stereocenters. The van der Waals surface area contributed by atoms with Crippen LogP contribution in [0.15, 0.2) is 58.8 Å². The normalized spacial score (nSPS) is 18.3. The molecule has 2 aliphatic rings. The molecule has 35 heavy (non-hydrogen) atoms. The number of hydrogen-bond donors (Lipinski definition) is 2. The van der Waals surface area contributed by atoms with E-state index in [1.54, 1.807) is 24.9 Å². The zero-order valence-electron chi connectivity index (χ0n) is 20.6. The lowest BCUT2D eigenvalue weighted by Gasteiger charge is -2.23. The molecular formula is C28H33N3O3S. The number of anilines is 1. The Morgan fingerprint density at radius 3 is 2.66 bits per heavy atom. The van der Waals surface area contributed by atoms with E-state index in [2.05, 4.69) is 17.2 Å². The summed E-state index contributed by atoms with van der Waals surface area (Å²) in [4.78, 5) is 31.7. The van der Waals surface area contributed by atoms with Crippen LogP contribution < -0.4 is 11.1 Å². The number of carbonyl (C=O) groups excluding carboxylic acids is 2. The Balaban J connectivity index is 1.43. The van der Waals surface area contributed by atoms with Crippen molar-refractivity contribution in [3.8, 4) is 0 Å².